The van der Waals surface area contributed by atoms with Gasteiger partial charge in [-0.15, -0.1) is 0 Å². The first kappa shape index (κ1) is 13.7. The first-order valence-electron chi connectivity index (χ1n) is 6.62. The van der Waals surface area contributed by atoms with Crippen LogP contribution in [0.4, 0.5) is 0 Å². The summed E-state index contributed by atoms with van der Waals surface area (Å²) in [5.41, 5.74) is 1.21. The number of hydrogen-bond acceptors (Lipinski definition) is 4. The highest BCUT2D eigenvalue weighted by atomic mass is 16.6. The van der Waals surface area contributed by atoms with Crippen molar-refractivity contribution in [3.63, 3.8) is 0 Å². The highest BCUT2D eigenvalue weighted by molar-refractivity contribution is 5.94. The van der Waals surface area contributed by atoms with Gasteiger partial charge < -0.3 is 4.74 Å². The van der Waals surface area contributed by atoms with E-state index in [0.717, 1.165) is 25.9 Å². The molecule has 102 valence electrons. The van der Waals surface area contributed by atoms with E-state index in [1.165, 1.54) is 12.5 Å². The monoisotopic (exact) mass is 261 g/mol. The van der Waals surface area contributed by atoms with E-state index in [1.807, 2.05) is 18.2 Å². The Kier molecular flexibility index (Phi) is 4.68. The molecule has 0 radical (unpaired) electrons. The molecule has 4 nitrogen and oxygen atoms in total. The molecule has 1 heterocycles. The predicted octanol–water partition coefficient (Wildman–Crippen LogP) is 2.13. The maximum absolute atomic E-state index is 11.5. The summed E-state index contributed by atoms with van der Waals surface area (Å²) in [4.78, 5) is 24.6. The molecule has 1 aromatic carbocycles. The number of ketones is 1. The second kappa shape index (κ2) is 6.48. The molecule has 1 aliphatic rings. The van der Waals surface area contributed by atoms with Crippen LogP contribution < -0.4 is 0 Å². The van der Waals surface area contributed by atoms with Crippen LogP contribution >= 0.6 is 0 Å². The second-order valence-electron chi connectivity index (χ2n) is 4.92. The number of nitrogens with zero attached hydrogens (tertiary/aromatic N) is 1. The fraction of sp³-hybridized carbons (Fsp3) is 0.467. The third-order valence-electron chi connectivity index (χ3n) is 3.19. The first-order chi connectivity index (χ1) is 9.15. The van der Waals surface area contributed by atoms with Crippen molar-refractivity contribution in [2.75, 3.05) is 6.54 Å². The van der Waals surface area contributed by atoms with Gasteiger partial charge in [0.15, 0.2) is 6.23 Å². The molecule has 19 heavy (non-hydrogen) atoms. The van der Waals surface area contributed by atoms with Gasteiger partial charge in [-0.1, -0.05) is 30.3 Å². The number of carbonyl (C=O) groups excluding carboxylic acids is 2. The van der Waals surface area contributed by atoms with E-state index in [4.69, 9.17) is 4.74 Å². The van der Waals surface area contributed by atoms with Crippen molar-refractivity contribution in [3.8, 4) is 0 Å². The largest absolute Gasteiger partial charge is 0.446 e. The van der Waals surface area contributed by atoms with E-state index in [2.05, 4.69) is 17.0 Å². The number of esters is 1. The molecular weight excluding hydrogens is 242 g/mol. The van der Waals surface area contributed by atoms with Gasteiger partial charge in [0.1, 0.15) is 12.2 Å². The Hall–Kier alpha value is -1.68. The standard InChI is InChI=1S/C15H19NO3/c1-12(17)10-15(18)19-14-8-5-9-16(14)11-13-6-3-2-4-7-13/h2-4,6-7,14H,5,8-11H2,1H3. The summed E-state index contributed by atoms with van der Waals surface area (Å²) in [6.07, 6.45) is 1.55. The predicted molar refractivity (Wildman–Crippen MR) is 71.3 cm³/mol. The van der Waals surface area contributed by atoms with Crippen LogP contribution in [0.3, 0.4) is 0 Å². The zero-order chi connectivity index (χ0) is 13.7. The summed E-state index contributed by atoms with van der Waals surface area (Å²) < 4.78 is 5.37. The number of rotatable bonds is 5. The number of hydrogen-bond donors (Lipinski definition) is 0. The van der Waals surface area contributed by atoms with E-state index in [-0.39, 0.29) is 18.4 Å². The van der Waals surface area contributed by atoms with Crippen molar-refractivity contribution in [2.24, 2.45) is 0 Å². The quantitative estimate of drug-likeness (QED) is 0.602. The van der Waals surface area contributed by atoms with Gasteiger partial charge in [0.05, 0.1) is 0 Å². The second-order valence-corrected chi connectivity index (χ2v) is 4.92. The Morgan fingerprint density at radius 2 is 2.05 bits per heavy atom. The molecule has 0 aromatic heterocycles. The van der Waals surface area contributed by atoms with Gasteiger partial charge in [-0.05, 0) is 25.3 Å². The van der Waals surface area contributed by atoms with E-state index in [1.54, 1.807) is 0 Å². The van der Waals surface area contributed by atoms with E-state index < -0.39 is 5.97 Å². The maximum atomic E-state index is 11.5. The molecule has 1 aliphatic heterocycles. The topological polar surface area (TPSA) is 46.6 Å². The smallest absolute Gasteiger partial charge is 0.314 e. The molecule has 0 aliphatic carbocycles. The minimum absolute atomic E-state index is 0.129. The van der Waals surface area contributed by atoms with Crippen LogP contribution in [0.15, 0.2) is 30.3 Å². The molecule has 0 saturated carbocycles. The van der Waals surface area contributed by atoms with Gasteiger partial charge in [-0.25, -0.2) is 0 Å². The van der Waals surface area contributed by atoms with Crippen LogP contribution in [0.25, 0.3) is 0 Å². The Morgan fingerprint density at radius 1 is 1.32 bits per heavy atom. The average Bonchev–Trinajstić information content (AvgIpc) is 2.77. The number of benzene rings is 1. The molecule has 1 unspecified atom stereocenters. The molecular formula is C15H19NO3. The third-order valence-corrected chi connectivity index (χ3v) is 3.19. The summed E-state index contributed by atoms with van der Waals surface area (Å²) in [6.45, 7) is 3.10. The summed E-state index contributed by atoms with van der Waals surface area (Å²) in [5, 5.41) is 0. The van der Waals surface area contributed by atoms with Crippen molar-refractivity contribution in [1.82, 2.24) is 4.90 Å². The molecule has 1 aromatic rings. The van der Waals surface area contributed by atoms with Gasteiger partial charge in [0, 0.05) is 13.1 Å². The Labute approximate surface area is 113 Å². The fourth-order valence-electron chi connectivity index (χ4n) is 2.32. The molecule has 0 bridgehead atoms. The summed E-state index contributed by atoms with van der Waals surface area (Å²) in [7, 11) is 0. The Bertz CT molecular complexity index is 444. The van der Waals surface area contributed by atoms with E-state index >= 15 is 0 Å². The lowest BCUT2D eigenvalue weighted by atomic mass is 10.2. The SMILES string of the molecule is CC(=O)CC(=O)OC1CCCN1Cc1ccccc1. The molecule has 1 saturated heterocycles. The van der Waals surface area contributed by atoms with Crippen molar-refractivity contribution in [3.05, 3.63) is 35.9 Å². The number of Topliss-reactive ketones (excluding diaryl/α,β-unsaturated/α-hetero) is 1. The molecule has 1 fully saturated rings. The molecule has 1 atom stereocenters. The summed E-state index contributed by atoms with van der Waals surface area (Å²) in [5.74, 6) is -0.574. The van der Waals surface area contributed by atoms with Crippen molar-refractivity contribution in [1.29, 1.82) is 0 Å². The summed E-state index contributed by atoms with van der Waals surface area (Å²) in [6, 6.07) is 10.1. The molecule has 0 amide bonds. The van der Waals surface area contributed by atoms with Gasteiger partial charge in [0.25, 0.3) is 0 Å². The molecule has 0 N–H and O–H groups in total. The van der Waals surface area contributed by atoms with Crippen LogP contribution in [0.1, 0.15) is 31.7 Å². The third kappa shape index (κ3) is 4.17. The van der Waals surface area contributed by atoms with E-state index in [9.17, 15) is 9.59 Å². The van der Waals surface area contributed by atoms with Gasteiger partial charge in [-0.2, -0.15) is 0 Å². The summed E-state index contributed by atoms with van der Waals surface area (Å²) >= 11 is 0. The minimum atomic E-state index is -0.419. The highest BCUT2D eigenvalue weighted by Gasteiger charge is 2.27. The van der Waals surface area contributed by atoms with Crippen LogP contribution in [0, 0.1) is 0 Å². The van der Waals surface area contributed by atoms with Crippen LogP contribution in [0.2, 0.25) is 0 Å². The first-order valence-corrected chi connectivity index (χ1v) is 6.62. The van der Waals surface area contributed by atoms with Gasteiger partial charge in [-0.3, -0.25) is 14.5 Å². The Balaban J connectivity index is 1.90. The zero-order valence-corrected chi connectivity index (χ0v) is 11.2. The lowest BCUT2D eigenvalue weighted by Gasteiger charge is -2.24. The zero-order valence-electron chi connectivity index (χ0n) is 11.2. The van der Waals surface area contributed by atoms with E-state index in [0.29, 0.717) is 0 Å². The molecule has 2 rings (SSSR count). The maximum Gasteiger partial charge on any atom is 0.314 e. The van der Waals surface area contributed by atoms with Crippen molar-refractivity contribution >= 4 is 11.8 Å². The Morgan fingerprint density at radius 3 is 2.74 bits per heavy atom. The molecule has 0 spiro atoms. The van der Waals surface area contributed by atoms with Crippen molar-refractivity contribution < 1.29 is 14.3 Å². The van der Waals surface area contributed by atoms with Crippen molar-refractivity contribution in [2.45, 2.75) is 39.0 Å². The molecule has 4 heteroatoms. The minimum Gasteiger partial charge on any atom is -0.446 e. The number of ether oxygens (including phenoxy) is 1. The lowest BCUT2D eigenvalue weighted by Crippen LogP contribution is -2.33. The van der Waals surface area contributed by atoms with Crippen LogP contribution in [-0.4, -0.2) is 29.4 Å². The fourth-order valence-corrected chi connectivity index (χ4v) is 2.32. The average molecular weight is 261 g/mol. The highest BCUT2D eigenvalue weighted by Crippen LogP contribution is 2.21. The normalized spacial score (nSPS) is 19.3. The van der Waals surface area contributed by atoms with Gasteiger partial charge >= 0.3 is 5.97 Å². The van der Waals surface area contributed by atoms with Crippen LogP contribution in [0.5, 0.6) is 0 Å². The van der Waals surface area contributed by atoms with Gasteiger partial charge in [0.2, 0.25) is 0 Å². The van der Waals surface area contributed by atoms with Crippen LogP contribution in [-0.2, 0) is 20.9 Å². The number of likely N-dealkylation sites (tertiary alicyclic amines) is 1. The lowest BCUT2D eigenvalue weighted by molar-refractivity contribution is -0.158. The number of carbonyl (C=O) groups is 2.